The fraction of sp³-hybridized carbons (Fsp3) is 0.481. The van der Waals surface area contributed by atoms with Crippen molar-refractivity contribution in [2.75, 3.05) is 0 Å². The largest absolute Gasteiger partial charge is 0.460 e. The molecule has 0 aliphatic heterocycles. The lowest BCUT2D eigenvalue weighted by Crippen LogP contribution is -2.47. The number of amides is 1. The highest BCUT2D eigenvalue weighted by Gasteiger charge is 2.63. The van der Waals surface area contributed by atoms with E-state index in [4.69, 9.17) is 9.47 Å². The van der Waals surface area contributed by atoms with Crippen LogP contribution in [-0.4, -0.2) is 24.2 Å². The van der Waals surface area contributed by atoms with Crippen molar-refractivity contribution in [3.8, 4) is 0 Å². The third-order valence-electron chi connectivity index (χ3n) is 8.04. The van der Waals surface area contributed by atoms with Gasteiger partial charge in [0.15, 0.2) is 0 Å². The van der Waals surface area contributed by atoms with Gasteiger partial charge in [0, 0.05) is 11.8 Å². The van der Waals surface area contributed by atoms with Crippen LogP contribution in [0.2, 0.25) is 0 Å². The van der Waals surface area contributed by atoms with Crippen molar-refractivity contribution in [2.24, 2.45) is 16.7 Å². The first-order valence-corrected chi connectivity index (χ1v) is 11.5. The number of rotatable bonds is 7. The average molecular weight is 436 g/mol. The molecule has 3 unspecified atom stereocenters. The Morgan fingerprint density at radius 1 is 1.00 bits per heavy atom. The van der Waals surface area contributed by atoms with Crippen molar-refractivity contribution in [2.45, 2.75) is 65.2 Å². The molecule has 2 saturated carbocycles. The maximum atomic E-state index is 13.3. The summed E-state index contributed by atoms with van der Waals surface area (Å²) in [5.74, 6) is 0.182. The van der Waals surface area contributed by atoms with E-state index in [0.717, 1.165) is 24.0 Å². The molecule has 4 rings (SSSR count). The highest BCUT2D eigenvalue weighted by molar-refractivity contribution is 5.82. The normalized spacial score (nSPS) is 26.3. The molecule has 1 N–H and O–H groups in total. The van der Waals surface area contributed by atoms with E-state index in [9.17, 15) is 9.59 Å². The molecule has 5 nitrogen and oxygen atoms in total. The molecule has 2 fully saturated rings. The van der Waals surface area contributed by atoms with Gasteiger partial charge >= 0.3 is 12.1 Å². The molecule has 0 spiro atoms. The van der Waals surface area contributed by atoms with E-state index in [1.807, 2.05) is 60.7 Å². The average Bonchev–Trinajstić information content (AvgIpc) is 3.12. The Balaban J connectivity index is 1.43. The predicted octanol–water partition coefficient (Wildman–Crippen LogP) is 5.28. The number of carbonyl (C=O) groups is 2. The molecule has 0 radical (unpaired) electrons. The van der Waals surface area contributed by atoms with Gasteiger partial charge in [-0.15, -0.1) is 0 Å². The smallest absolute Gasteiger partial charge is 0.408 e. The summed E-state index contributed by atoms with van der Waals surface area (Å²) < 4.78 is 11.4. The van der Waals surface area contributed by atoms with Gasteiger partial charge in [0.25, 0.3) is 0 Å². The third-order valence-corrected chi connectivity index (χ3v) is 8.04. The molecule has 170 valence electrons. The molecule has 0 heterocycles. The van der Waals surface area contributed by atoms with E-state index in [1.165, 1.54) is 6.42 Å². The molecule has 2 aliphatic carbocycles. The highest BCUT2D eigenvalue weighted by Crippen LogP contribution is 2.66. The molecular formula is C27H33NO4. The summed E-state index contributed by atoms with van der Waals surface area (Å²) in [6.45, 7) is 6.97. The summed E-state index contributed by atoms with van der Waals surface area (Å²) in [4.78, 5) is 25.8. The van der Waals surface area contributed by atoms with Crippen molar-refractivity contribution >= 4 is 12.1 Å². The lowest BCUT2D eigenvalue weighted by atomic mass is 9.70. The number of ether oxygens (including phenoxy) is 2. The van der Waals surface area contributed by atoms with Crippen LogP contribution in [-0.2, 0) is 27.3 Å². The Morgan fingerprint density at radius 2 is 1.62 bits per heavy atom. The number of carbonyl (C=O) groups excluding carboxylic acids is 2. The van der Waals surface area contributed by atoms with Crippen LogP contribution in [0.1, 0.15) is 51.2 Å². The van der Waals surface area contributed by atoms with Gasteiger partial charge in [0.1, 0.15) is 18.8 Å². The quantitative estimate of drug-likeness (QED) is 0.601. The zero-order valence-corrected chi connectivity index (χ0v) is 19.2. The maximum absolute atomic E-state index is 13.3. The Morgan fingerprint density at radius 3 is 2.19 bits per heavy atom. The number of nitrogens with one attached hydrogen (secondary N) is 1. The van der Waals surface area contributed by atoms with Crippen LogP contribution in [0.15, 0.2) is 60.7 Å². The van der Waals surface area contributed by atoms with Gasteiger partial charge in [-0.3, -0.25) is 0 Å². The van der Waals surface area contributed by atoms with Crippen LogP contribution in [0.5, 0.6) is 0 Å². The number of alkyl carbamates (subject to hydrolysis) is 1. The SMILES string of the molecule is CC1(C)C2CCC1(C)C(OC(=O)[C@H](Cc1ccccc1)NC(=O)OCc1ccccc1)C2. The molecular weight excluding hydrogens is 402 g/mol. The number of benzene rings is 2. The first-order valence-electron chi connectivity index (χ1n) is 11.5. The summed E-state index contributed by atoms with van der Waals surface area (Å²) in [7, 11) is 0. The summed E-state index contributed by atoms with van der Waals surface area (Å²) >= 11 is 0. The first-order chi connectivity index (χ1) is 15.3. The fourth-order valence-corrected chi connectivity index (χ4v) is 5.48. The van der Waals surface area contributed by atoms with Gasteiger partial charge in [0.2, 0.25) is 0 Å². The Kier molecular flexibility index (Phi) is 6.27. The lowest BCUT2D eigenvalue weighted by molar-refractivity contribution is -0.159. The van der Waals surface area contributed by atoms with Crippen LogP contribution in [0, 0.1) is 16.7 Å². The van der Waals surface area contributed by atoms with Crippen LogP contribution in [0.4, 0.5) is 4.79 Å². The molecule has 1 amide bonds. The first kappa shape index (κ1) is 22.4. The van der Waals surface area contributed by atoms with Crippen LogP contribution in [0.25, 0.3) is 0 Å². The molecule has 2 aromatic carbocycles. The zero-order chi connectivity index (χ0) is 22.8. The molecule has 0 aromatic heterocycles. The minimum absolute atomic E-state index is 0.0293. The van der Waals surface area contributed by atoms with E-state index in [0.29, 0.717) is 12.3 Å². The summed E-state index contributed by atoms with van der Waals surface area (Å²) in [5, 5.41) is 2.75. The van der Waals surface area contributed by atoms with Gasteiger partial charge < -0.3 is 14.8 Å². The van der Waals surface area contributed by atoms with E-state index < -0.39 is 12.1 Å². The second-order valence-corrected chi connectivity index (χ2v) is 9.98. The highest BCUT2D eigenvalue weighted by atomic mass is 16.6. The number of fused-ring (bicyclic) bond motifs is 2. The Labute approximate surface area is 190 Å². The van der Waals surface area contributed by atoms with Crippen molar-refractivity contribution in [3.63, 3.8) is 0 Å². The molecule has 2 aliphatic rings. The van der Waals surface area contributed by atoms with Crippen molar-refractivity contribution in [1.29, 1.82) is 0 Å². The van der Waals surface area contributed by atoms with E-state index in [-0.39, 0.29) is 29.5 Å². The van der Waals surface area contributed by atoms with Gasteiger partial charge in [-0.05, 0) is 41.7 Å². The topological polar surface area (TPSA) is 64.6 Å². The monoisotopic (exact) mass is 435 g/mol. The molecule has 2 bridgehead atoms. The van der Waals surface area contributed by atoms with Crippen LogP contribution >= 0.6 is 0 Å². The zero-order valence-electron chi connectivity index (χ0n) is 19.2. The van der Waals surface area contributed by atoms with E-state index >= 15 is 0 Å². The molecule has 5 heteroatoms. The number of hydrogen-bond acceptors (Lipinski definition) is 4. The minimum Gasteiger partial charge on any atom is -0.460 e. The second kappa shape index (κ2) is 8.97. The lowest BCUT2D eigenvalue weighted by Gasteiger charge is -2.38. The molecule has 32 heavy (non-hydrogen) atoms. The maximum Gasteiger partial charge on any atom is 0.408 e. The number of esters is 1. The summed E-state index contributed by atoms with van der Waals surface area (Å²) in [5.41, 5.74) is 1.96. The Hall–Kier alpha value is -2.82. The van der Waals surface area contributed by atoms with E-state index in [2.05, 4.69) is 26.1 Å². The summed E-state index contributed by atoms with van der Waals surface area (Å²) in [6.07, 6.45) is 2.77. The van der Waals surface area contributed by atoms with Gasteiger partial charge in [-0.1, -0.05) is 81.4 Å². The third kappa shape index (κ3) is 4.38. The molecule has 2 aromatic rings. The van der Waals surface area contributed by atoms with Crippen molar-refractivity contribution in [1.82, 2.24) is 5.32 Å². The van der Waals surface area contributed by atoms with Gasteiger partial charge in [-0.2, -0.15) is 0 Å². The van der Waals surface area contributed by atoms with Gasteiger partial charge in [0.05, 0.1) is 0 Å². The van der Waals surface area contributed by atoms with Crippen molar-refractivity contribution < 1.29 is 19.1 Å². The molecule has 0 saturated heterocycles. The second-order valence-electron chi connectivity index (χ2n) is 9.98. The minimum atomic E-state index is -0.800. The summed E-state index contributed by atoms with van der Waals surface area (Å²) in [6, 6.07) is 18.3. The van der Waals surface area contributed by atoms with Crippen molar-refractivity contribution in [3.05, 3.63) is 71.8 Å². The predicted molar refractivity (Wildman–Crippen MR) is 123 cm³/mol. The molecule has 4 atom stereocenters. The fourth-order valence-electron chi connectivity index (χ4n) is 5.48. The van der Waals surface area contributed by atoms with Crippen LogP contribution in [0.3, 0.4) is 0 Å². The number of hydrogen-bond donors (Lipinski definition) is 1. The Bertz CT molecular complexity index is 943. The van der Waals surface area contributed by atoms with Gasteiger partial charge in [-0.25, -0.2) is 9.59 Å². The van der Waals surface area contributed by atoms with E-state index in [1.54, 1.807) is 0 Å². The van der Waals surface area contributed by atoms with Crippen LogP contribution < -0.4 is 5.32 Å². The standard InChI is InChI=1S/C27H33NO4/c1-26(2)21-14-15-27(26,3)23(17-21)32-24(29)22(16-19-10-6-4-7-11-19)28-25(30)31-18-20-12-8-5-9-13-20/h4-13,21-23H,14-18H2,1-3H3,(H,28,30)/t21?,22-,23?,27?/m0/s1.